The molecule has 0 radical (unpaired) electrons. The van der Waals surface area contributed by atoms with Crippen LogP contribution in [0.3, 0.4) is 0 Å². The largest absolute Gasteiger partial charge is 0.323 e. The number of pyridine rings is 1. The molecule has 6 heteroatoms. The zero-order valence-electron chi connectivity index (χ0n) is 15.5. The molecular weight excluding hydrogens is 355 g/mol. The van der Waals surface area contributed by atoms with E-state index in [0.717, 1.165) is 22.5 Å². The van der Waals surface area contributed by atoms with Gasteiger partial charge in [0, 0.05) is 34.9 Å². The predicted octanol–water partition coefficient (Wildman–Crippen LogP) is 5.40. The van der Waals surface area contributed by atoms with Crippen LogP contribution in [0.15, 0.2) is 67.0 Å². The number of imidazole rings is 1. The van der Waals surface area contributed by atoms with Crippen molar-refractivity contribution in [3.63, 3.8) is 0 Å². The molecule has 4 aromatic rings. The molecule has 0 aliphatic carbocycles. The lowest BCUT2D eigenvalue weighted by atomic mass is 10.1. The molecule has 0 unspecified atom stereocenters. The Morgan fingerprint density at radius 1 is 1.04 bits per heavy atom. The van der Waals surface area contributed by atoms with E-state index in [4.69, 9.17) is 0 Å². The van der Waals surface area contributed by atoms with Gasteiger partial charge in [0.05, 0.1) is 5.69 Å². The number of hydrogen-bond acceptors (Lipinski definition) is 2. The summed E-state index contributed by atoms with van der Waals surface area (Å²) in [7, 11) is 0. The molecule has 2 aromatic heterocycles. The molecule has 28 heavy (non-hydrogen) atoms. The van der Waals surface area contributed by atoms with Crippen LogP contribution >= 0.6 is 0 Å². The van der Waals surface area contributed by atoms with Gasteiger partial charge < -0.3 is 15.0 Å². The summed E-state index contributed by atoms with van der Waals surface area (Å²) in [5.41, 5.74) is 5.33. The number of halogens is 1. The Morgan fingerprint density at radius 2 is 1.82 bits per heavy atom. The van der Waals surface area contributed by atoms with E-state index in [2.05, 4.69) is 15.6 Å². The van der Waals surface area contributed by atoms with Gasteiger partial charge in [0.15, 0.2) is 0 Å². The van der Waals surface area contributed by atoms with Crippen molar-refractivity contribution in [1.82, 2.24) is 9.38 Å². The molecule has 0 fully saturated rings. The molecule has 0 bridgehead atoms. The first-order valence-electron chi connectivity index (χ1n) is 8.88. The van der Waals surface area contributed by atoms with E-state index in [0.29, 0.717) is 16.9 Å². The second kappa shape index (κ2) is 7.15. The number of anilines is 2. The Hall–Kier alpha value is -3.67. The molecule has 0 saturated carbocycles. The number of aryl methyl sites for hydroxylation is 1. The average Bonchev–Trinajstić information content (AvgIpc) is 3.09. The monoisotopic (exact) mass is 374 g/mol. The highest BCUT2D eigenvalue weighted by atomic mass is 19.1. The Morgan fingerprint density at radius 3 is 2.61 bits per heavy atom. The quantitative estimate of drug-likeness (QED) is 0.504. The van der Waals surface area contributed by atoms with E-state index in [9.17, 15) is 9.18 Å². The van der Waals surface area contributed by atoms with Crippen LogP contribution in [0, 0.1) is 19.7 Å². The number of rotatable bonds is 3. The molecule has 0 saturated heterocycles. The maximum absolute atomic E-state index is 13.6. The van der Waals surface area contributed by atoms with E-state index in [1.54, 1.807) is 19.1 Å². The number of nitrogens with zero attached hydrogens (tertiary/aromatic N) is 2. The predicted molar refractivity (Wildman–Crippen MR) is 109 cm³/mol. The molecule has 2 heterocycles. The molecule has 4 rings (SSSR count). The fourth-order valence-corrected chi connectivity index (χ4v) is 2.97. The molecule has 2 aromatic carbocycles. The number of amides is 2. The van der Waals surface area contributed by atoms with Gasteiger partial charge in [0.25, 0.3) is 0 Å². The molecule has 2 N–H and O–H groups in total. The normalized spacial score (nSPS) is 10.8. The summed E-state index contributed by atoms with van der Waals surface area (Å²) >= 11 is 0. The first kappa shape index (κ1) is 17.7. The van der Waals surface area contributed by atoms with Crippen LogP contribution in [0.1, 0.15) is 11.1 Å². The maximum atomic E-state index is 13.6. The van der Waals surface area contributed by atoms with Crippen LogP contribution in [-0.4, -0.2) is 15.4 Å². The lowest BCUT2D eigenvalue weighted by Crippen LogP contribution is -2.20. The summed E-state index contributed by atoms with van der Waals surface area (Å²) in [6.45, 7) is 3.65. The van der Waals surface area contributed by atoms with E-state index in [1.807, 2.05) is 60.1 Å². The van der Waals surface area contributed by atoms with Gasteiger partial charge in [-0.3, -0.25) is 0 Å². The Bertz CT molecular complexity index is 1170. The minimum absolute atomic E-state index is 0.357. The number of carbonyl (C=O) groups excluding carboxylic acids is 1. The third-order valence-corrected chi connectivity index (χ3v) is 4.57. The molecule has 0 atom stereocenters. The zero-order valence-corrected chi connectivity index (χ0v) is 15.5. The molecule has 140 valence electrons. The van der Waals surface area contributed by atoms with Crippen molar-refractivity contribution in [3.05, 3.63) is 83.9 Å². The molecule has 0 spiro atoms. The van der Waals surface area contributed by atoms with Gasteiger partial charge in [-0.25, -0.2) is 14.2 Å². The van der Waals surface area contributed by atoms with Gasteiger partial charge in [-0.05, 0) is 55.8 Å². The highest BCUT2D eigenvalue weighted by Crippen LogP contribution is 2.22. The molecule has 5 nitrogen and oxygen atoms in total. The van der Waals surface area contributed by atoms with Crippen molar-refractivity contribution in [3.8, 4) is 11.3 Å². The van der Waals surface area contributed by atoms with Gasteiger partial charge in [-0.1, -0.05) is 18.2 Å². The number of hydrogen-bond donors (Lipinski definition) is 2. The molecule has 0 aliphatic heterocycles. The van der Waals surface area contributed by atoms with Crippen molar-refractivity contribution in [1.29, 1.82) is 0 Å². The molecule has 2 amide bonds. The van der Waals surface area contributed by atoms with Crippen LogP contribution in [-0.2, 0) is 0 Å². The zero-order chi connectivity index (χ0) is 19.7. The fourth-order valence-electron chi connectivity index (χ4n) is 2.97. The second-order valence-corrected chi connectivity index (χ2v) is 6.66. The summed E-state index contributed by atoms with van der Waals surface area (Å²) in [5.74, 6) is -0.357. The topological polar surface area (TPSA) is 58.4 Å². The van der Waals surface area contributed by atoms with E-state index in [-0.39, 0.29) is 5.82 Å². The van der Waals surface area contributed by atoms with Crippen molar-refractivity contribution < 1.29 is 9.18 Å². The highest BCUT2D eigenvalue weighted by molar-refractivity contribution is 6.00. The van der Waals surface area contributed by atoms with Crippen LogP contribution in [0.4, 0.5) is 20.6 Å². The van der Waals surface area contributed by atoms with Gasteiger partial charge in [-0.15, -0.1) is 0 Å². The minimum Gasteiger partial charge on any atom is -0.308 e. The third kappa shape index (κ3) is 3.57. The molecule has 0 aliphatic rings. The number of urea groups is 1. The summed E-state index contributed by atoms with van der Waals surface area (Å²) in [6.07, 6.45) is 3.95. The summed E-state index contributed by atoms with van der Waals surface area (Å²) in [5, 5.41) is 5.41. The van der Waals surface area contributed by atoms with Gasteiger partial charge in [0.2, 0.25) is 0 Å². The van der Waals surface area contributed by atoms with E-state index >= 15 is 0 Å². The summed E-state index contributed by atoms with van der Waals surface area (Å²) < 4.78 is 15.6. The van der Waals surface area contributed by atoms with Gasteiger partial charge >= 0.3 is 6.03 Å². The number of fused-ring (bicyclic) bond motifs is 1. The number of aromatic nitrogens is 2. The minimum atomic E-state index is -0.426. The third-order valence-electron chi connectivity index (χ3n) is 4.57. The number of nitrogens with one attached hydrogen (secondary N) is 2. The lowest BCUT2D eigenvalue weighted by Gasteiger charge is -2.10. The Balaban J connectivity index is 1.48. The van der Waals surface area contributed by atoms with Gasteiger partial charge in [0.1, 0.15) is 11.5 Å². The summed E-state index contributed by atoms with van der Waals surface area (Å²) in [6, 6.07) is 15.6. The smallest absolute Gasteiger partial charge is 0.308 e. The molecular formula is C22H19FN4O. The first-order valence-corrected chi connectivity index (χ1v) is 8.88. The van der Waals surface area contributed by atoms with Gasteiger partial charge in [-0.2, -0.15) is 0 Å². The number of carbonyl (C=O) groups is 1. The summed E-state index contributed by atoms with van der Waals surface area (Å²) in [4.78, 5) is 16.8. The standard InChI is InChI=1S/C22H19FN4O/c1-14-10-11-27-13-20(25-21(27)12-14)16-6-8-17(9-7-16)24-22(28)26-19-5-3-4-18(23)15(19)2/h3-13H,1-2H3,(H2,24,26,28). The van der Waals surface area contributed by atoms with Crippen LogP contribution in [0.25, 0.3) is 16.9 Å². The highest BCUT2D eigenvalue weighted by Gasteiger charge is 2.09. The maximum Gasteiger partial charge on any atom is 0.323 e. The van der Waals surface area contributed by atoms with E-state index in [1.165, 1.54) is 6.07 Å². The SMILES string of the molecule is Cc1ccn2cc(-c3ccc(NC(=O)Nc4cccc(F)c4C)cc3)nc2c1. The van der Waals surface area contributed by atoms with E-state index < -0.39 is 6.03 Å². The fraction of sp³-hybridized carbons (Fsp3) is 0.0909. The van der Waals surface area contributed by atoms with Crippen LogP contribution in [0.5, 0.6) is 0 Å². The van der Waals surface area contributed by atoms with Crippen LogP contribution in [0.2, 0.25) is 0 Å². The lowest BCUT2D eigenvalue weighted by molar-refractivity contribution is 0.262. The Kier molecular flexibility index (Phi) is 4.53. The number of benzene rings is 2. The van der Waals surface area contributed by atoms with Crippen LogP contribution < -0.4 is 10.6 Å². The van der Waals surface area contributed by atoms with Crippen molar-refractivity contribution in [2.75, 3.05) is 10.6 Å². The Labute approximate surface area is 161 Å². The average molecular weight is 374 g/mol. The van der Waals surface area contributed by atoms with Crippen molar-refractivity contribution >= 4 is 23.1 Å². The first-order chi connectivity index (χ1) is 13.5. The second-order valence-electron chi connectivity index (χ2n) is 6.66. The van der Waals surface area contributed by atoms with Crippen molar-refractivity contribution in [2.45, 2.75) is 13.8 Å². The van der Waals surface area contributed by atoms with Crippen molar-refractivity contribution in [2.24, 2.45) is 0 Å².